The smallest absolute Gasteiger partial charge is 0.321 e. The molecule has 16 heteroatoms. The van der Waals surface area contributed by atoms with E-state index in [4.69, 9.17) is 37.3 Å². The molecule has 176 valence electrons. The number of rotatable bonds is 13. The molecule has 0 rings (SSSR count). The van der Waals surface area contributed by atoms with Crippen LogP contribution in [0.3, 0.4) is 0 Å². The van der Waals surface area contributed by atoms with Crippen molar-refractivity contribution in [3.8, 4) is 0 Å². The van der Waals surface area contributed by atoms with Crippen molar-refractivity contribution in [1.29, 1.82) is 0 Å². The van der Waals surface area contributed by atoms with E-state index < -0.39 is 41.9 Å². The molecule has 12 nitrogen and oxygen atoms in total. The Morgan fingerprint density at radius 2 is 1.47 bits per heavy atom. The number of ether oxygens (including phenoxy) is 1. The highest BCUT2D eigenvalue weighted by molar-refractivity contribution is 8.76. The normalized spacial score (nSPS) is 12.6. The molecule has 0 amide bonds. The number of nitrogens with zero attached hydrogens (tertiary/aromatic N) is 1. The van der Waals surface area contributed by atoms with E-state index in [1.165, 1.54) is 21.6 Å². The lowest BCUT2D eigenvalue weighted by Gasteiger charge is -2.11. The predicted octanol–water partition coefficient (Wildman–Crippen LogP) is 0.284. The van der Waals surface area contributed by atoms with E-state index in [1.807, 2.05) is 0 Å². The first kappa shape index (κ1) is 33.6. The largest absolute Gasteiger partial charge is 0.481 e. The van der Waals surface area contributed by atoms with Crippen LogP contribution in [0.4, 0.5) is 0 Å². The molecule has 0 bridgehead atoms. The van der Waals surface area contributed by atoms with Gasteiger partial charge in [-0.05, 0) is 38.3 Å². The summed E-state index contributed by atoms with van der Waals surface area (Å²) in [7, 11) is 7.29. The minimum absolute atomic E-state index is 0.212. The van der Waals surface area contributed by atoms with Crippen LogP contribution in [0.2, 0.25) is 0 Å². The van der Waals surface area contributed by atoms with Crippen molar-refractivity contribution in [1.82, 2.24) is 0 Å². The summed E-state index contributed by atoms with van der Waals surface area (Å²) in [6.07, 6.45) is 0.140. The number of carboxylic acid groups (broad SMARTS) is 3. The molecule has 0 spiro atoms. The van der Waals surface area contributed by atoms with Gasteiger partial charge in [-0.15, -0.1) is 0 Å². The molecular formula is C14H30N4O8P2S2. The zero-order valence-corrected chi connectivity index (χ0v) is 20.2. The van der Waals surface area contributed by atoms with E-state index in [-0.39, 0.29) is 31.1 Å². The van der Waals surface area contributed by atoms with E-state index >= 15 is 0 Å². The van der Waals surface area contributed by atoms with Gasteiger partial charge in [-0.25, -0.2) is 0 Å². The number of hydrogen-bond donors (Lipinski definition) is 6. The van der Waals surface area contributed by atoms with E-state index in [2.05, 4.69) is 22.9 Å². The van der Waals surface area contributed by atoms with Crippen LogP contribution in [-0.2, 0) is 23.9 Å². The first-order valence-electron chi connectivity index (χ1n) is 8.34. The maximum Gasteiger partial charge on any atom is 0.321 e. The van der Waals surface area contributed by atoms with Gasteiger partial charge in [0.25, 0.3) is 0 Å². The molecule has 0 fully saturated rings. The Bertz CT molecular complexity index is 512. The highest BCUT2D eigenvalue weighted by Gasteiger charge is 2.21. The summed E-state index contributed by atoms with van der Waals surface area (Å²) < 4.78 is 7.92. The molecule has 0 radical (unpaired) electrons. The Hall–Kier alpha value is -1.01. The summed E-state index contributed by atoms with van der Waals surface area (Å²) in [5.41, 5.74) is 15.7. The number of carbonyl (C=O) groups is 4. The Labute approximate surface area is 187 Å². The lowest BCUT2D eigenvalue weighted by atomic mass is 10.0. The average Bonchev–Trinajstić information content (AvgIpc) is 2.65. The summed E-state index contributed by atoms with van der Waals surface area (Å²) in [6, 6.07) is -1.85. The van der Waals surface area contributed by atoms with Crippen LogP contribution in [0.25, 0.3) is 0 Å². The van der Waals surface area contributed by atoms with Gasteiger partial charge in [0, 0.05) is 11.5 Å². The van der Waals surface area contributed by atoms with Crippen molar-refractivity contribution in [3.05, 3.63) is 0 Å². The Kier molecular flexibility index (Phi) is 25.4. The topological polar surface area (TPSA) is 229 Å². The SMILES string of the molecule is CCOC(=O)C(CCN)CC(=O)O.NC(CSSC[C@H](N)C(=O)O)C(=O)O.P=NP. The van der Waals surface area contributed by atoms with Gasteiger partial charge in [0.15, 0.2) is 0 Å². The maximum atomic E-state index is 11.1. The Morgan fingerprint density at radius 1 is 1.07 bits per heavy atom. The van der Waals surface area contributed by atoms with E-state index in [1.54, 1.807) is 6.92 Å². The first-order chi connectivity index (χ1) is 14.0. The number of esters is 1. The third-order valence-electron chi connectivity index (χ3n) is 2.77. The van der Waals surface area contributed by atoms with Crippen molar-refractivity contribution in [3.63, 3.8) is 0 Å². The summed E-state index contributed by atoms with van der Waals surface area (Å²) >= 11 is 0. The molecule has 30 heavy (non-hydrogen) atoms. The highest BCUT2D eigenvalue weighted by Crippen LogP contribution is 2.22. The second-order valence-corrected chi connectivity index (χ2v) is 8.80. The van der Waals surface area contributed by atoms with E-state index in [9.17, 15) is 19.2 Å². The third kappa shape index (κ3) is 23.3. The van der Waals surface area contributed by atoms with Gasteiger partial charge in [0.05, 0.1) is 18.9 Å². The molecule has 9 N–H and O–H groups in total. The fourth-order valence-corrected chi connectivity index (χ4v) is 3.59. The molecule has 0 aromatic carbocycles. The van der Waals surface area contributed by atoms with Crippen molar-refractivity contribution in [2.45, 2.75) is 31.8 Å². The number of hydrogen-bond acceptors (Lipinski definition) is 11. The quantitative estimate of drug-likeness (QED) is 0.0851. The van der Waals surface area contributed by atoms with Crippen molar-refractivity contribution in [2.24, 2.45) is 27.6 Å². The second-order valence-electron chi connectivity index (χ2n) is 5.21. The summed E-state index contributed by atoms with van der Waals surface area (Å²) in [5, 5.41) is 25.3. The van der Waals surface area contributed by atoms with Crippen molar-refractivity contribution < 1.29 is 39.2 Å². The molecule has 0 saturated carbocycles. The molecule has 0 saturated heterocycles. The lowest BCUT2D eigenvalue weighted by Crippen LogP contribution is -2.33. The highest BCUT2D eigenvalue weighted by atomic mass is 33.1. The summed E-state index contributed by atoms with van der Waals surface area (Å²) in [4.78, 5) is 42.0. The number of carbonyl (C=O) groups excluding carboxylic acids is 1. The van der Waals surface area contributed by atoms with Crippen LogP contribution in [0.5, 0.6) is 0 Å². The number of aliphatic carboxylic acids is 3. The minimum Gasteiger partial charge on any atom is -0.481 e. The molecule has 0 aliphatic rings. The molecule has 0 aromatic rings. The van der Waals surface area contributed by atoms with Crippen molar-refractivity contribution in [2.75, 3.05) is 24.7 Å². The maximum absolute atomic E-state index is 11.1. The number of nitrogens with two attached hydrogens (primary N) is 3. The third-order valence-corrected chi connectivity index (χ3v) is 5.24. The van der Waals surface area contributed by atoms with Crippen LogP contribution < -0.4 is 17.2 Å². The Morgan fingerprint density at radius 3 is 1.73 bits per heavy atom. The first-order valence-corrected chi connectivity index (χ1v) is 11.8. The van der Waals surface area contributed by atoms with Gasteiger partial charge in [0.1, 0.15) is 12.1 Å². The average molecular weight is 508 g/mol. The Balaban J connectivity index is -0.000000430. The van der Waals surface area contributed by atoms with Gasteiger partial charge < -0.3 is 37.3 Å². The van der Waals surface area contributed by atoms with Crippen LogP contribution in [0.1, 0.15) is 19.8 Å². The standard InChI is InChI=1S/C8H15NO4.C6H12N2O4S2.H3NP2/c1-2-13-8(12)6(3-4-9)5-7(10)11;7-3(5(9)10)1-13-14-2-4(8)6(11)12;2-1-3/h6H,2-5,9H2,1H3,(H,10,11);3-4H,1-2,7-8H2,(H,9,10)(H,11,12);2H,3H2/t;3-,4?;/m.0./s1. The van der Waals surface area contributed by atoms with Crippen molar-refractivity contribution >= 4 is 63.9 Å². The second kappa shape index (κ2) is 22.7. The van der Waals surface area contributed by atoms with Gasteiger partial charge in [-0.1, -0.05) is 21.6 Å². The minimum atomic E-state index is -1.07. The van der Waals surface area contributed by atoms with Gasteiger partial charge in [0.2, 0.25) is 0 Å². The molecular weight excluding hydrogens is 478 g/mol. The van der Waals surface area contributed by atoms with Crippen LogP contribution in [0, 0.1) is 5.92 Å². The molecule has 0 aliphatic carbocycles. The summed E-state index contributed by atoms with van der Waals surface area (Å²) in [5.74, 6) is -3.77. The molecule has 0 aliphatic heterocycles. The molecule has 3 unspecified atom stereocenters. The molecule has 0 heterocycles. The fourth-order valence-electron chi connectivity index (χ4n) is 1.36. The lowest BCUT2D eigenvalue weighted by molar-refractivity contribution is -0.152. The fraction of sp³-hybridized carbons (Fsp3) is 0.714. The molecule has 4 atom stereocenters. The van der Waals surface area contributed by atoms with Gasteiger partial charge >= 0.3 is 23.9 Å². The van der Waals surface area contributed by atoms with Crippen LogP contribution >= 0.6 is 40.0 Å². The van der Waals surface area contributed by atoms with E-state index in [0.29, 0.717) is 6.42 Å². The summed E-state index contributed by atoms with van der Waals surface area (Å²) in [6.45, 7) is 2.23. The monoisotopic (exact) mass is 508 g/mol. The van der Waals surface area contributed by atoms with Gasteiger partial charge in [-0.3, -0.25) is 23.7 Å². The van der Waals surface area contributed by atoms with Crippen LogP contribution in [0.15, 0.2) is 4.52 Å². The predicted molar refractivity (Wildman–Crippen MR) is 123 cm³/mol. The number of carboxylic acids is 3. The zero-order chi connectivity index (χ0) is 24.1. The van der Waals surface area contributed by atoms with Crippen LogP contribution in [-0.4, -0.2) is 75.9 Å². The molecule has 0 aromatic heterocycles. The van der Waals surface area contributed by atoms with E-state index in [0.717, 1.165) is 0 Å². The zero-order valence-electron chi connectivity index (χ0n) is 16.4. The van der Waals surface area contributed by atoms with Gasteiger partial charge in [-0.2, -0.15) is 0 Å².